The number of benzene rings is 2. The van der Waals surface area contributed by atoms with Crippen LogP contribution in [0.3, 0.4) is 0 Å². The molecule has 7 heteroatoms. The Hall–Kier alpha value is -1.59. The van der Waals surface area contributed by atoms with Crippen molar-refractivity contribution in [2.75, 3.05) is 5.32 Å². The van der Waals surface area contributed by atoms with Crippen LogP contribution in [0.5, 0.6) is 5.75 Å². The number of phenolic OH excluding ortho intramolecular Hbond substituents is 1. The summed E-state index contributed by atoms with van der Waals surface area (Å²) >= 11 is 11.6. The molecule has 0 aliphatic rings. The smallest absolute Gasteiger partial charge is 0.416 e. The van der Waals surface area contributed by atoms with Gasteiger partial charge < -0.3 is 10.4 Å². The maximum Gasteiger partial charge on any atom is 0.416 e. The average molecular weight is 336 g/mol. The third-order valence-corrected chi connectivity index (χ3v) is 3.42. The van der Waals surface area contributed by atoms with Gasteiger partial charge in [-0.15, -0.1) is 0 Å². The van der Waals surface area contributed by atoms with E-state index in [2.05, 4.69) is 5.32 Å². The Balaban J connectivity index is 2.17. The second-order valence-corrected chi connectivity index (χ2v) is 5.15. The molecule has 0 spiro atoms. The molecule has 2 aromatic rings. The lowest BCUT2D eigenvalue weighted by Gasteiger charge is -2.12. The second-order valence-electron chi connectivity index (χ2n) is 4.33. The van der Waals surface area contributed by atoms with Gasteiger partial charge in [-0.1, -0.05) is 29.3 Å². The SMILES string of the molecule is Oc1ccc(CNc2cc(C(F)(F)F)ccc2Cl)cc1Cl. The van der Waals surface area contributed by atoms with E-state index in [1.54, 1.807) is 6.07 Å². The van der Waals surface area contributed by atoms with Gasteiger partial charge in [-0.2, -0.15) is 13.2 Å². The van der Waals surface area contributed by atoms with Gasteiger partial charge in [0.15, 0.2) is 0 Å². The van der Waals surface area contributed by atoms with Crippen molar-refractivity contribution in [3.63, 3.8) is 0 Å². The molecule has 0 aliphatic carbocycles. The highest BCUT2D eigenvalue weighted by Gasteiger charge is 2.30. The first-order valence-electron chi connectivity index (χ1n) is 5.85. The van der Waals surface area contributed by atoms with Crippen LogP contribution in [-0.4, -0.2) is 5.11 Å². The Bertz CT molecular complexity index is 659. The van der Waals surface area contributed by atoms with Crippen LogP contribution in [0, 0.1) is 0 Å². The van der Waals surface area contributed by atoms with Gasteiger partial charge in [0.1, 0.15) is 5.75 Å². The molecule has 0 saturated carbocycles. The number of anilines is 1. The largest absolute Gasteiger partial charge is 0.506 e. The molecule has 0 heterocycles. The minimum absolute atomic E-state index is 0.0579. The fourth-order valence-corrected chi connectivity index (χ4v) is 2.08. The molecule has 2 N–H and O–H groups in total. The molecule has 0 fully saturated rings. The number of halogens is 5. The van der Waals surface area contributed by atoms with E-state index in [4.69, 9.17) is 23.2 Å². The molecule has 0 aromatic heterocycles. The molecule has 2 rings (SSSR count). The fourth-order valence-electron chi connectivity index (χ4n) is 1.69. The van der Waals surface area contributed by atoms with Crippen molar-refractivity contribution in [1.29, 1.82) is 0 Å². The first-order valence-corrected chi connectivity index (χ1v) is 6.61. The number of aromatic hydroxyl groups is 1. The fraction of sp³-hybridized carbons (Fsp3) is 0.143. The first kappa shape index (κ1) is 15.8. The maximum absolute atomic E-state index is 12.6. The van der Waals surface area contributed by atoms with Crippen molar-refractivity contribution < 1.29 is 18.3 Å². The van der Waals surface area contributed by atoms with Crippen molar-refractivity contribution in [2.24, 2.45) is 0 Å². The van der Waals surface area contributed by atoms with Crippen LogP contribution in [-0.2, 0) is 12.7 Å². The van der Waals surface area contributed by atoms with E-state index in [0.29, 0.717) is 5.56 Å². The number of phenols is 1. The monoisotopic (exact) mass is 335 g/mol. The summed E-state index contributed by atoms with van der Waals surface area (Å²) in [7, 11) is 0. The van der Waals surface area contributed by atoms with Crippen LogP contribution in [0.15, 0.2) is 36.4 Å². The van der Waals surface area contributed by atoms with Gasteiger partial charge in [0.25, 0.3) is 0 Å². The van der Waals surface area contributed by atoms with Gasteiger partial charge in [-0.3, -0.25) is 0 Å². The lowest BCUT2D eigenvalue weighted by molar-refractivity contribution is -0.137. The van der Waals surface area contributed by atoms with Gasteiger partial charge in [0.05, 0.1) is 21.3 Å². The predicted molar refractivity (Wildman–Crippen MR) is 76.9 cm³/mol. The average Bonchev–Trinajstić information content (AvgIpc) is 2.40. The molecule has 0 bridgehead atoms. The lowest BCUT2D eigenvalue weighted by atomic mass is 10.1. The van der Waals surface area contributed by atoms with E-state index in [-0.39, 0.29) is 28.0 Å². The van der Waals surface area contributed by atoms with E-state index >= 15 is 0 Å². The van der Waals surface area contributed by atoms with E-state index in [1.807, 2.05) is 0 Å². The minimum atomic E-state index is -4.43. The molecule has 0 aliphatic heterocycles. The summed E-state index contributed by atoms with van der Waals surface area (Å²) in [6, 6.07) is 7.60. The molecular weight excluding hydrogens is 326 g/mol. The van der Waals surface area contributed by atoms with Gasteiger partial charge in [0, 0.05) is 6.54 Å². The minimum Gasteiger partial charge on any atom is -0.506 e. The molecule has 0 amide bonds. The normalized spacial score (nSPS) is 11.5. The molecular formula is C14H10Cl2F3NO. The third-order valence-electron chi connectivity index (χ3n) is 2.79. The number of rotatable bonds is 3. The quantitative estimate of drug-likeness (QED) is 0.794. The van der Waals surface area contributed by atoms with Crippen molar-refractivity contribution in [1.82, 2.24) is 0 Å². The van der Waals surface area contributed by atoms with Gasteiger partial charge in [0.2, 0.25) is 0 Å². The van der Waals surface area contributed by atoms with Crippen molar-refractivity contribution in [3.8, 4) is 5.75 Å². The molecule has 0 saturated heterocycles. The highest BCUT2D eigenvalue weighted by atomic mass is 35.5. The summed E-state index contributed by atoms with van der Waals surface area (Å²) < 4.78 is 37.9. The molecule has 2 aromatic carbocycles. The van der Waals surface area contributed by atoms with E-state index in [0.717, 1.165) is 12.1 Å². The number of nitrogens with one attached hydrogen (secondary N) is 1. The summed E-state index contributed by atoms with van der Waals surface area (Å²) in [5, 5.41) is 12.5. The molecule has 0 radical (unpaired) electrons. The summed E-state index contributed by atoms with van der Waals surface area (Å²) in [6.45, 7) is 0.223. The number of alkyl halides is 3. The van der Waals surface area contributed by atoms with Crippen LogP contribution >= 0.6 is 23.2 Å². The zero-order chi connectivity index (χ0) is 15.6. The van der Waals surface area contributed by atoms with Crippen LogP contribution < -0.4 is 5.32 Å². The Morgan fingerprint density at radius 2 is 1.71 bits per heavy atom. The topological polar surface area (TPSA) is 32.3 Å². The highest BCUT2D eigenvalue weighted by molar-refractivity contribution is 6.33. The highest BCUT2D eigenvalue weighted by Crippen LogP contribution is 2.34. The lowest BCUT2D eigenvalue weighted by Crippen LogP contribution is -2.07. The van der Waals surface area contributed by atoms with Crippen LogP contribution in [0.2, 0.25) is 10.0 Å². The number of hydrogen-bond acceptors (Lipinski definition) is 2. The van der Waals surface area contributed by atoms with E-state index in [1.165, 1.54) is 18.2 Å². The molecule has 2 nitrogen and oxygen atoms in total. The van der Waals surface area contributed by atoms with Crippen LogP contribution in [0.4, 0.5) is 18.9 Å². The summed E-state index contributed by atoms with van der Waals surface area (Å²) in [6.07, 6.45) is -4.43. The van der Waals surface area contributed by atoms with Gasteiger partial charge >= 0.3 is 6.18 Å². The van der Waals surface area contributed by atoms with E-state index in [9.17, 15) is 18.3 Å². The zero-order valence-electron chi connectivity index (χ0n) is 10.5. The van der Waals surface area contributed by atoms with Crippen molar-refractivity contribution >= 4 is 28.9 Å². The van der Waals surface area contributed by atoms with Crippen LogP contribution in [0.1, 0.15) is 11.1 Å². The molecule has 0 unspecified atom stereocenters. The summed E-state index contributed by atoms with van der Waals surface area (Å²) in [5.74, 6) is -0.0579. The Morgan fingerprint density at radius 1 is 1.00 bits per heavy atom. The Labute approximate surface area is 129 Å². The van der Waals surface area contributed by atoms with Crippen LogP contribution in [0.25, 0.3) is 0 Å². The zero-order valence-corrected chi connectivity index (χ0v) is 12.0. The summed E-state index contributed by atoms with van der Waals surface area (Å²) in [4.78, 5) is 0. The third kappa shape index (κ3) is 3.95. The molecule has 112 valence electrons. The first-order chi connectivity index (χ1) is 9.77. The predicted octanol–water partition coefficient (Wildman–Crippen LogP) is 5.33. The molecule has 0 atom stereocenters. The van der Waals surface area contributed by atoms with Gasteiger partial charge in [-0.25, -0.2) is 0 Å². The standard InChI is InChI=1S/C14H10Cl2F3NO/c15-10-3-2-9(14(17,18)19)6-12(10)20-7-8-1-4-13(21)11(16)5-8/h1-6,20-21H,7H2. The van der Waals surface area contributed by atoms with Crippen molar-refractivity contribution in [3.05, 3.63) is 57.6 Å². The summed E-state index contributed by atoms with van der Waals surface area (Å²) in [5.41, 5.74) is 0.0973. The maximum atomic E-state index is 12.6. The number of hydrogen-bond donors (Lipinski definition) is 2. The molecule has 21 heavy (non-hydrogen) atoms. The Kier molecular flexibility index (Phi) is 4.54. The second kappa shape index (κ2) is 6.03. The Morgan fingerprint density at radius 3 is 2.33 bits per heavy atom. The van der Waals surface area contributed by atoms with Gasteiger partial charge in [-0.05, 0) is 35.9 Å². The van der Waals surface area contributed by atoms with E-state index < -0.39 is 11.7 Å². The van der Waals surface area contributed by atoms with Crippen molar-refractivity contribution in [2.45, 2.75) is 12.7 Å².